The first-order valence-corrected chi connectivity index (χ1v) is 5.92. The van der Waals surface area contributed by atoms with Gasteiger partial charge in [-0.3, -0.25) is 0 Å². The smallest absolute Gasteiger partial charge is 0.124 e. The molecule has 0 radical (unpaired) electrons. The van der Waals surface area contributed by atoms with Crippen LogP contribution >= 0.6 is 0 Å². The molecule has 2 nitrogen and oxygen atoms in total. The molecule has 1 aliphatic carbocycles. The summed E-state index contributed by atoms with van der Waals surface area (Å²) < 4.78 is 5.83. The third-order valence-electron chi connectivity index (χ3n) is 3.53. The van der Waals surface area contributed by atoms with E-state index in [0.29, 0.717) is 0 Å². The highest BCUT2D eigenvalue weighted by molar-refractivity contribution is 5.45. The number of nitrogens with two attached hydrogens (primary N) is 1. The van der Waals surface area contributed by atoms with Crippen molar-refractivity contribution in [1.82, 2.24) is 0 Å². The molecule has 1 aromatic carbocycles. The Labute approximate surface area is 97.8 Å². The van der Waals surface area contributed by atoms with Gasteiger partial charge in [0.25, 0.3) is 0 Å². The molecule has 1 fully saturated rings. The lowest BCUT2D eigenvalue weighted by molar-refractivity contribution is 0.237. The van der Waals surface area contributed by atoms with Crippen molar-refractivity contribution in [2.75, 3.05) is 0 Å². The summed E-state index contributed by atoms with van der Waals surface area (Å²) in [7, 11) is 0. The van der Waals surface area contributed by atoms with Crippen LogP contribution in [0.5, 0.6) is 5.75 Å². The summed E-state index contributed by atoms with van der Waals surface area (Å²) in [6.07, 6.45) is 1.21. The van der Waals surface area contributed by atoms with Gasteiger partial charge in [-0.1, -0.05) is 32.0 Å². The zero-order chi connectivity index (χ0) is 12.0. The molecule has 0 saturated heterocycles. The maximum absolute atomic E-state index is 6.44. The van der Waals surface area contributed by atoms with Crippen molar-refractivity contribution < 1.29 is 4.74 Å². The Balaban J connectivity index is 2.35. The number of para-hydroxylation sites is 1. The minimum Gasteiger partial charge on any atom is -0.491 e. The molecule has 0 aliphatic heterocycles. The van der Waals surface area contributed by atoms with Crippen LogP contribution in [0, 0.1) is 5.41 Å². The van der Waals surface area contributed by atoms with Gasteiger partial charge >= 0.3 is 0 Å². The van der Waals surface area contributed by atoms with Crippen LogP contribution in [0.1, 0.15) is 39.7 Å². The molecule has 1 aliphatic rings. The monoisotopic (exact) mass is 219 g/mol. The largest absolute Gasteiger partial charge is 0.491 e. The molecule has 0 aromatic heterocycles. The quantitative estimate of drug-likeness (QED) is 0.848. The van der Waals surface area contributed by atoms with E-state index in [1.165, 1.54) is 0 Å². The van der Waals surface area contributed by atoms with Crippen LogP contribution in [0.25, 0.3) is 0 Å². The summed E-state index contributed by atoms with van der Waals surface area (Å²) in [6, 6.07) is 8.14. The number of rotatable bonds is 3. The molecule has 1 unspecified atom stereocenters. The van der Waals surface area contributed by atoms with Gasteiger partial charge in [0.05, 0.1) is 11.6 Å². The van der Waals surface area contributed by atoms with Crippen LogP contribution in [0.3, 0.4) is 0 Å². The zero-order valence-electron chi connectivity index (χ0n) is 10.6. The van der Waals surface area contributed by atoms with E-state index < -0.39 is 0 Å². The van der Waals surface area contributed by atoms with Crippen molar-refractivity contribution in [3.8, 4) is 5.75 Å². The molecule has 2 heteroatoms. The molecule has 0 amide bonds. The second-order valence-corrected chi connectivity index (χ2v) is 5.69. The van der Waals surface area contributed by atoms with Gasteiger partial charge in [0, 0.05) is 5.56 Å². The van der Waals surface area contributed by atoms with Gasteiger partial charge in [-0.05, 0) is 31.7 Å². The summed E-state index contributed by atoms with van der Waals surface area (Å²) in [5, 5.41) is 0. The highest BCUT2D eigenvalue weighted by Gasteiger charge is 2.60. The van der Waals surface area contributed by atoms with Gasteiger partial charge in [-0.2, -0.15) is 0 Å². The third kappa shape index (κ3) is 1.71. The summed E-state index contributed by atoms with van der Waals surface area (Å²) in [4.78, 5) is 0. The fourth-order valence-electron chi connectivity index (χ4n) is 2.30. The first kappa shape index (κ1) is 11.5. The van der Waals surface area contributed by atoms with E-state index in [2.05, 4.69) is 19.9 Å². The van der Waals surface area contributed by atoms with Gasteiger partial charge in [-0.15, -0.1) is 0 Å². The van der Waals surface area contributed by atoms with E-state index in [9.17, 15) is 0 Å². The van der Waals surface area contributed by atoms with Gasteiger partial charge in [0.1, 0.15) is 5.75 Å². The van der Waals surface area contributed by atoms with Gasteiger partial charge in [0.2, 0.25) is 0 Å². The second kappa shape index (κ2) is 3.49. The Kier molecular flexibility index (Phi) is 2.50. The van der Waals surface area contributed by atoms with Gasteiger partial charge < -0.3 is 10.5 Å². The Hall–Kier alpha value is -1.02. The van der Waals surface area contributed by atoms with Crippen molar-refractivity contribution >= 4 is 0 Å². The summed E-state index contributed by atoms with van der Waals surface area (Å²) in [6.45, 7) is 8.49. The van der Waals surface area contributed by atoms with Crippen LogP contribution < -0.4 is 10.5 Å². The summed E-state index contributed by atoms with van der Waals surface area (Å²) in [5.41, 5.74) is 7.56. The molecule has 1 aromatic rings. The lowest BCUT2D eigenvalue weighted by atomic mass is 9.96. The molecule has 0 heterocycles. The van der Waals surface area contributed by atoms with E-state index in [-0.39, 0.29) is 17.1 Å². The second-order valence-electron chi connectivity index (χ2n) is 5.69. The molecule has 88 valence electrons. The van der Waals surface area contributed by atoms with Crippen LogP contribution in [-0.2, 0) is 5.54 Å². The maximum Gasteiger partial charge on any atom is 0.124 e. The lowest BCUT2D eigenvalue weighted by Crippen LogP contribution is -2.26. The molecule has 16 heavy (non-hydrogen) atoms. The van der Waals surface area contributed by atoms with Crippen LogP contribution in [-0.4, -0.2) is 6.10 Å². The van der Waals surface area contributed by atoms with E-state index in [1.807, 2.05) is 32.0 Å². The molecular weight excluding hydrogens is 198 g/mol. The van der Waals surface area contributed by atoms with Gasteiger partial charge in [-0.25, -0.2) is 0 Å². The van der Waals surface area contributed by atoms with Crippen molar-refractivity contribution in [2.45, 2.75) is 45.8 Å². The molecule has 1 saturated carbocycles. The van der Waals surface area contributed by atoms with E-state index in [0.717, 1.165) is 17.7 Å². The first-order valence-electron chi connectivity index (χ1n) is 5.92. The van der Waals surface area contributed by atoms with Crippen LogP contribution in [0.15, 0.2) is 24.3 Å². The highest BCUT2D eigenvalue weighted by atomic mass is 16.5. The number of benzene rings is 1. The maximum atomic E-state index is 6.44. The van der Waals surface area contributed by atoms with Crippen LogP contribution in [0.4, 0.5) is 0 Å². The van der Waals surface area contributed by atoms with Gasteiger partial charge in [0.15, 0.2) is 0 Å². The molecule has 2 rings (SSSR count). The standard InChI is InChI=1S/C14H21NO/c1-10(2)16-12-8-6-5-7-11(12)14(15)9-13(14,3)4/h5-8,10H,9,15H2,1-4H3. The van der Waals surface area contributed by atoms with E-state index in [4.69, 9.17) is 10.5 Å². The highest BCUT2D eigenvalue weighted by Crippen LogP contribution is 2.61. The van der Waals surface area contributed by atoms with E-state index >= 15 is 0 Å². The number of hydrogen-bond acceptors (Lipinski definition) is 2. The van der Waals surface area contributed by atoms with Crippen LogP contribution in [0.2, 0.25) is 0 Å². The van der Waals surface area contributed by atoms with Crippen molar-refractivity contribution in [2.24, 2.45) is 11.1 Å². The Morgan fingerprint density at radius 3 is 2.31 bits per heavy atom. The number of ether oxygens (including phenoxy) is 1. The van der Waals surface area contributed by atoms with Crippen molar-refractivity contribution in [3.63, 3.8) is 0 Å². The van der Waals surface area contributed by atoms with Crippen molar-refractivity contribution in [1.29, 1.82) is 0 Å². The SMILES string of the molecule is CC(C)Oc1ccccc1C1(N)CC1(C)C. The fraction of sp³-hybridized carbons (Fsp3) is 0.571. The molecule has 0 bridgehead atoms. The fourth-order valence-corrected chi connectivity index (χ4v) is 2.30. The summed E-state index contributed by atoms with van der Waals surface area (Å²) >= 11 is 0. The molecule has 0 spiro atoms. The van der Waals surface area contributed by atoms with E-state index in [1.54, 1.807) is 0 Å². The topological polar surface area (TPSA) is 35.2 Å². The third-order valence-corrected chi connectivity index (χ3v) is 3.53. The Bertz CT molecular complexity index is 397. The normalized spacial score (nSPS) is 26.9. The average Bonchev–Trinajstić information content (AvgIpc) is 2.66. The average molecular weight is 219 g/mol. The minimum atomic E-state index is -0.210. The first-order chi connectivity index (χ1) is 7.37. The zero-order valence-corrected chi connectivity index (χ0v) is 10.6. The lowest BCUT2D eigenvalue weighted by Gasteiger charge is -2.21. The Morgan fingerprint density at radius 2 is 1.81 bits per heavy atom. The molecule has 1 atom stereocenters. The Morgan fingerprint density at radius 1 is 1.25 bits per heavy atom. The predicted molar refractivity (Wildman–Crippen MR) is 66.5 cm³/mol. The molecular formula is C14H21NO. The minimum absolute atomic E-state index is 0.184. The number of hydrogen-bond donors (Lipinski definition) is 1. The van der Waals surface area contributed by atoms with Crippen molar-refractivity contribution in [3.05, 3.63) is 29.8 Å². The predicted octanol–water partition coefficient (Wildman–Crippen LogP) is 3.06. The summed E-state index contributed by atoms with van der Waals surface area (Å²) in [5.74, 6) is 0.936. The molecule has 2 N–H and O–H groups in total.